The number of carbonyl (C=O) groups is 1. The highest BCUT2D eigenvalue weighted by Crippen LogP contribution is 2.29. The third kappa shape index (κ3) is 5.04. The van der Waals surface area contributed by atoms with Crippen LogP contribution in [0.1, 0.15) is 6.92 Å². The van der Waals surface area contributed by atoms with Crippen LogP contribution in [0, 0.1) is 0 Å². The van der Waals surface area contributed by atoms with E-state index in [1.54, 1.807) is 18.3 Å². The van der Waals surface area contributed by atoms with E-state index in [-0.39, 0.29) is 11.7 Å². The molecule has 0 aliphatic rings. The molecule has 1 atom stereocenters. The Kier molecular flexibility index (Phi) is 5.94. The molecule has 28 heavy (non-hydrogen) atoms. The summed E-state index contributed by atoms with van der Waals surface area (Å²) in [6.07, 6.45) is -4.76. The van der Waals surface area contributed by atoms with Gasteiger partial charge in [-0.2, -0.15) is 0 Å². The second-order valence-electron chi connectivity index (χ2n) is 5.66. The van der Waals surface area contributed by atoms with Crippen LogP contribution >= 0.6 is 23.1 Å². The molecule has 0 aliphatic heterocycles. The molecule has 1 unspecified atom stereocenters. The first kappa shape index (κ1) is 20.2. The number of thioether (sulfide) groups is 1. The zero-order chi connectivity index (χ0) is 20.3. The number of benzene rings is 1. The topological polar surface area (TPSA) is 69.0 Å². The highest BCUT2D eigenvalue weighted by atomic mass is 32.2. The molecule has 0 bridgehead atoms. The van der Waals surface area contributed by atoms with Crippen molar-refractivity contribution in [3.63, 3.8) is 0 Å². The predicted molar refractivity (Wildman–Crippen MR) is 101 cm³/mol. The van der Waals surface area contributed by atoms with Crippen molar-refractivity contribution in [2.75, 3.05) is 5.32 Å². The molecule has 1 amide bonds. The number of rotatable bonds is 6. The number of hydrogen-bond acceptors (Lipinski definition) is 6. The van der Waals surface area contributed by atoms with E-state index >= 15 is 0 Å². The molecule has 1 N–H and O–H groups in total. The fourth-order valence-electron chi connectivity index (χ4n) is 2.23. The summed E-state index contributed by atoms with van der Waals surface area (Å²) < 4.78 is 42.2. The van der Waals surface area contributed by atoms with Crippen LogP contribution in [0.15, 0.2) is 46.9 Å². The second kappa shape index (κ2) is 8.23. The molecule has 0 radical (unpaired) electrons. The first-order valence-corrected chi connectivity index (χ1v) is 9.75. The number of thiophene rings is 1. The highest BCUT2D eigenvalue weighted by molar-refractivity contribution is 8.00. The Balaban J connectivity index is 1.61. The van der Waals surface area contributed by atoms with Gasteiger partial charge in [-0.3, -0.25) is 4.79 Å². The summed E-state index contributed by atoms with van der Waals surface area (Å²) in [5.41, 5.74) is 0.365. The Morgan fingerprint density at radius 3 is 2.57 bits per heavy atom. The van der Waals surface area contributed by atoms with E-state index in [2.05, 4.69) is 20.3 Å². The Bertz CT molecular complexity index is 940. The lowest BCUT2D eigenvalue weighted by atomic mass is 10.3. The number of ether oxygens (including phenoxy) is 1. The number of alkyl halides is 3. The van der Waals surface area contributed by atoms with Gasteiger partial charge in [0.1, 0.15) is 5.75 Å². The minimum atomic E-state index is -4.76. The summed E-state index contributed by atoms with van der Waals surface area (Å²) in [7, 11) is 1.82. The van der Waals surface area contributed by atoms with E-state index < -0.39 is 11.6 Å². The van der Waals surface area contributed by atoms with E-state index in [0.717, 1.165) is 17.0 Å². The Hall–Kier alpha value is -2.53. The second-order valence-corrected chi connectivity index (χ2v) is 7.92. The van der Waals surface area contributed by atoms with Gasteiger partial charge in [0.25, 0.3) is 0 Å². The molecule has 0 saturated carbocycles. The van der Waals surface area contributed by atoms with Crippen molar-refractivity contribution >= 4 is 34.7 Å². The van der Waals surface area contributed by atoms with Crippen LogP contribution in [0.4, 0.5) is 18.9 Å². The van der Waals surface area contributed by atoms with Gasteiger partial charge in [-0.15, -0.1) is 34.7 Å². The molecule has 2 aromatic heterocycles. The number of amides is 1. The molecule has 2 heterocycles. The lowest BCUT2D eigenvalue weighted by Gasteiger charge is -2.13. The SMILES string of the molecule is CC(Sc1nnc(-c2cccs2)n1C)C(=O)Nc1ccc(OC(F)(F)F)cc1. The molecule has 6 nitrogen and oxygen atoms in total. The number of nitrogens with one attached hydrogen (secondary N) is 1. The van der Waals surface area contributed by atoms with E-state index in [9.17, 15) is 18.0 Å². The van der Waals surface area contributed by atoms with Gasteiger partial charge in [-0.05, 0) is 42.6 Å². The first-order valence-electron chi connectivity index (χ1n) is 7.99. The average molecular weight is 428 g/mol. The average Bonchev–Trinajstić information content (AvgIpc) is 3.26. The van der Waals surface area contributed by atoms with Crippen molar-refractivity contribution in [2.45, 2.75) is 23.7 Å². The number of nitrogens with zero attached hydrogens (tertiary/aromatic N) is 3. The van der Waals surface area contributed by atoms with E-state index in [0.29, 0.717) is 16.7 Å². The fourth-order valence-corrected chi connectivity index (χ4v) is 3.79. The summed E-state index contributed by atoms with van der Waals surface area (Å²) in [6, 6.07) is 8.81. The zero-order valence-corrected chi connectivity index (χ0v) is 16.4. The number of aromatic nitrogens is 3. The molecule has 3 aromatic rings. The smallest absolute Gasteiger partial charge is 0.406 e. The molecular weight excluding hydrogens is 413 g/mol. The summed E-state index contributed by atoms with van der Waals surface area (Å²) >= 11 is 2.78. The molecule has 148 valence electrons. The van der Waals surface area contributed by atoms with Crippen molar-refractivity contribution in [3.8, 4) is 16.5 Å². The van der Waals surface area contributed by atoms with E-state index in [4.69, 9.17) is 0 Å². The Labute approximate surface area is 166 Å². The van der Waals surface area contributed by atoms with E-state index in [1.807, 2.05) is 29.1 Å². The zero-order valence-electron chi connectivity index (χ0n) is 14.7. The van der Waals surface area contributed by atoms with Gasteiger partial charge in [0.15, 0.2) is 11.0 Å². The molecule has 1 aromatic carbocycles. The van der Waals surface area contributed by atoms with Gasteiger partial charge in [-0.25, -0.2) is 0 Å². The summed E-state index contributed by atoms with van der Waals surface area (Å²) in [5, 5.41) is 13.0. The van der Waals surface area contributed by atoms with Gasteiger partial charge in [0.2, 0.25) is 5.91 Å². The van der Waals surface area contributed by atoms with Crippen molar-refractivity contribution in [3.05, 3.63) is 41.8 Å². The van der Waals surface area contributed by atoms with Crippen molar-refractivity contribution in [1.82, 2.24) is 14.8 Å². The normalized spacial score (nSPS) is 12.6. The van der Waals surface area contributed by atoms with Gasteiger partial charge in [-0.1, -0.05) is 17.8 Å². The Morgan fingerprint density at radius 2 is 1.96 bits per heavy atom. The van der Waals surface area contributed by atoms with Crippen LogP contribution in [-0.4, -0.2) is 32.3 Å². The maximum Gasteiger partial charge on any atom is 0.573 e. The van der Waals surface area contributed by atoms with Crippen LogP contribution in [0.5, 0.6) is 5.75 Å². The Morgan fingerprint density at radius 1 is 1.25 bits per heavy atom. The van der Waals surface area contributed by atoms with Gasteiger partial charge in [0, 0.05) is 12.7 Å². The molecule has 0 aliphatic carbocycles. The monoisotopic (exact) mass is 428 g/mol. The third-order valence-electron chi connectivity index (χ3n) is 3.58. The van der Waals surface area contributed by atoms with Crippen molar-refractivity contribution < 1.29 is 22.7 Å². The first-order chi connectivity index (χ1) is 13.2. The minimum absolute atomic E-state index is 0.310. The molecule has 0 spiro atoms. The standard InChI is InChI=1S/C17H15F3N4O2S2/c1-10(28-16-23-22-14(24(16)2)13-4-3-9-27-13)15(25)21-11-5-7-12(8-6-11)26-17(18,19)20/h3-10H,1-2H3,(H,21,25). The van der Waals surface area contributed by atoms with Crippen molar-refractivity contribution in [2.24, 2.45) is 7.05 Å². The number of hydrogen-bond donors (Lipinski definition) is 1. The highest BCUT2D eigenvalue weighted by Gasteiger charge is 2.31. The van der Waals surface area contributed by atoms with Crippen LogP contribution in [0.25, 0.3) is 10.7 Å². The molecule has 11 heteroatoms. The summed E-state index contributed by atoms with van der Waals surface area (Å²) in [5.74, 6) is 0.0497. The minimum Gasteiger partial charge on any atom is -0.406 e. The maximum atomic E-state index is 12.4. The quantitative estimate of drug-likeness (QED) is 0.583. The molecule has 3 rings (SSSR count). The van der Waals surface area contributed by atoms with Crippen LogP contribution in [0.2, 0.25) is 0 Å². The van der Waals surface area contributed by atoms with Gasteiger partial charge < -0.3 is 14.6 Å². The number of anilines is 1. The molecule has 0 saturated heterocycles. The third-order valence-corrected chi connectivity index (χ3v) is 5.58. The maximum absolute atomic E-state index is 12.4. The van der Waals surface area contributed by atoms with Crippen molar-refractivity contribution in [1.29, 1.82) is 0 Å². The number of carbonyl (C=O) groups excluding carboxylic acids is 1. The number of halogens is 3. The molecular formula is C17H15F3N4O2S2. The van der Waals surface area contributed by atoms with E-state index in [1.165, 1.54) is 23.9 Å². The summed E-state index contributed by atoms with van der Waals surface area (Å²) in [6.45, 7) is 1.71. The lowest BCUT2D eigenvalue weighted by Crippen LogP contribution is -2.23. The largest absolute Gasteiger partial charge is 0.573 e. The van der Waals surface area contributed by atoms with Crippen LogP contribution in [0.3, 0.4) is 0 Å². The van der Waals surface area contributed by atoms with Gasteiger partial charge in [0.05, 0.1) is 10.1 Å². The predicted octanol–water partition coefficient (Wildman–Crippen LogP) is 4.56. The lowest BCUT2D eigenvalue weighted by molar-refractivity contribution is -0.274. The molecule has 0 fully saturated rings. The van der Waals surface area contributed by atoms with Crippen LogP contribution in [-0.2, 0) is 11.8 Å². The fraction of sp³-hybridized carbons (Fsp3) is 0.235. The van der Waals surface area contributed by atoms with Gasteiger partial charge >= 0.3 is 6.36 Å². The summed E-state index contributed by atoms with van der Waals surface area (Å²) in [4.78, 5) is 13.4. The van der Waals surface area contributed by atoms with Crippen LogP contribution < -0.4 is 10.1 Å².